The summed E-state index contributed by atoms with van der Waals surface area (Å²) >= 11 is 0. The highest BCUT2D eigenvalue weighted by molar-refractivity contribution is 5.76. The Morgan fingerprint density at radius 1 is 1.21 bits per heavy atom. The van der Waals surface area contributed by atoms with Gasteiger partial charge in [-0.25, -0.2) is 13.6 Å². The fraction of sp³-hybridized carbons (Fsp3) is 0.526. The van der Waals surface area contributed by atoms with E-state index in [2.05, 4.69) is 5.32 Å². The molecule has 0 saturated carbocycles. The first-order valence-electron chi connectivity index (χ1n) is 9.15. The molecular weight excluding hydrogens is 390 g/mol. The van der Waals surface area contributed by atoms with Gasteiger partial charge in [0.15, 0.2) is 0 Å². The molecule has 1 aromatic rings. The highest BCUT2D eigenvalue weighted by Crippen LogP contribution is 2.24. The molecule has 0 radical (unpaired) electrons. The molecule has 29 heavy (non-hydrogen) atoms. The van der Waals surface area contributed by atoms with Gasteiger partial charge in [-0.1, -0.05) is 13.8 Å². The zero-order valence-corrected chi connectivity index (χ0v) is 16.1. The Bertz CT molecular complexity index is 753. The topological polar surface area (TPSA) is 116 Å². The molecule has 0 bridgehead atoms. The van der Waals surface area contributed by atoms with Crippen LogP contribution in [0.25, 0.3) is 0 Å². The molecule has 10 heteroatoms. The monoisotopic (exact) mass is 414 g/mol. The number of halogens is 2. The number of hydrogen-bond acceptors (Lipinski definition) is 5. The summed E-state index contributed by atoms with van der Waals surface area (Å²) in [6.45, 7) is 3.01. The molecule has 3 N–H and O–H groups in total. The second-order valence-corrected chi connectivity index (χ2v) is 7.42. The van der Waals surface area contributed by atoms with Crippen LogP contribution in [0.3, 0.4) is 0 Å². The summed E-state index contributed by atoms with van der Waals surface area (Å²) < 4.78 is 31.8. The van der Waals surface area contributed by atoms with Gasteiger partial charge in [-0.2, -0.15) is 0 Å². The van der Waals surface area contributed by atoms with E-state index in [0.29, 0.717) is 12.5 Å². The molecule has 0 aliphatic carbocycles. The first-order chi connectivity index (χ1) is 13.6. The highest BCUT2D eigenvalue weighted by atomic mass is 19.1. The lowest BCUT2D eigenvalue weighted by molar-refractivity contribution is -0.145. The molecule has 1 heterocycles. The molecule has 1 saturated heterocycles. The minimum atomic E-state index is -1.25. The second kappa shape index (κ2) is 9.64. The molecule has 1 amide bonds. The van der Waals surface area contributed by atoms with E-state index in [1.165, 1.54) is 0 Å². The fourth-order valence-electron chi connectivity index (χ4n) is 3.28. The number of amides is 1. The third-order valence-electron chi connectivity index (χ3n) is 4.66. The van der Waals surface area contributed by atoms with E-state index in [1.807, 2.05) is 13.8 Å². The van der Waals surface area contributed by atoms with E-state index in [9.17, 15) is 33.4 Å². The van der Waals surface area contributed by atoms with Crippen molar-refractivity contribution in [1.82, 2.24) is 10.2 Å². The summed E-state index contributed by atoms with van der Waals surface area (Å²) in [6.07, 6.45) is -0.503. The predicted molar refractivity (Wildman–Crippen MR) is 97.0 cm³/mol. The van der Waals surface area contributed by atoms with Crippen LogP contribution in [0.5, 0.6) is 0 Å². The van der Waals surface area contributed by atoms with Crippen molar-refractivity contribution in [1.29, 1.82) is 0 Å². The zero-order valence-electron chi connectivity index (χ0n) is 16.1. The fourth-order valence-corrected chi connectivity index (χ4v) is 3.28. The van der Waals surface area contributed by atoms with Crippen LogP contribution in [0.15, 0.2) is 18.2 Å². The number of carboxylic acid groups (broad SMARTS) is 2. The Morgan fingerprint density at radius 2 is 1.83 bits per heavy atom. The number of cyclic esters (lactones) is 1. The number of carboxylic acids is 2. The van der Waals surface area contributed by atoms with Crippen molar-refractivity contribution in [2.75, 3.05) is 13.2 Å². The van der Waals surface area contributed by atoms with E-state index >= 15 is 0 Å². The van der Waals surface area contributed by atoms with Gasteiger partial charge < -0.3 is 20.3 Å². The number of rotatable bonds is 10. The van der Waals surface area contributed by atoms with Crippen molar-refractivity contribution in [3.8, 4) is 0 Å². The van der Waals surface area contributed by atoms with Crippen molar-refractivity contribution in [2.45, 2.75) is 38.9 Å². The largest absolute Gasteiger partial charge is 0.481 e. The van der Waals surface area contributed by atoms with E-state index in [-0.39, 0.29) is 31.2 Å². The number of benzene rings is 1. The minimum Gasteiger partial charge on any atom is -0.481 e. The molecule has 1 aliphatic heterocycles. The van der Waals surface area contributed by atoms with Crippen LogP contribution in [0.2, 0.25) is 0 Å². The third kappa shape index (κ3) is 6.11. The first-order valence-corrected chi connectivity index (χ1v) is 9.15. The van der Waals surface area contributed by atoms with Crippen LogP contribution >= 0.6 is 0 Å². The van der Waals surface area contributed by atoms with Crippen LogP contribution in [-0.4, -0.2) is 58.4 Å². The number of carbonyl (C=O) groups excluding carboxylic acids is 1. The molecule has 160 valence electrons. The van der Waals surface area contributed by atoms with Crippen molar-refractivity contribution in [3.05, 3.63) is 35.4 Å². The Balaban J connectivity index is 2.16. The number of nitrogens with zero attached hydrogens (tertiary/aromatic N) is 1. The van der Waals surface area contributed by atoms with Gasteiger partial charge in [0.05, 0.1) is 12.0 Å². The van der Waals surface area contributed by atoms with Gasteiger partial charge in [0, 0.05) is 19.2 Å². The summed E-state index contributed by atoms with van der Waals surface area (Å²) in [5.41, 5.74) is 0.145. The Labute approximate surface area is 166 Å². The molecule has 8 nitrogen and oxygen atoms in total. The van der Waals surface area contributed by atoms with Gasteiger partial charge in [0.1, 0.15) is 24.3 Å². The third-order valence-corrected chi connectivity index (χ3v) is 4.66. The number of nitrogens with one attached hydrogen (secondary N) is 1. The number of hydrogen-bond donors (Lipinski definition) is 3. The van der Waals surface area contributed by atoms with E-state index in [1.54, 1.807) is 0 Å². The van der Waals surface area contributed by atoms with E-state index in [0.717, 1.165) is 17.0 Å². The molecule has 0 aromatic heterocycles. The molecule has 1 aromatic carbocycles. The molecule has 2 rings (SSSR count). The maximum absolute atomic E-state index is 13.4. The smallest absolute Gasteiger partial charge is 0.410 e. The van der Waals surface area contributed by atoms with E-state index < -0.39 is 47.7 Å². The van der Waals surface area contributed by atoms with Crippen molar-refractivity contribution < 1.29 is 38.1 Å². The molecule has 0 spiro atoms. The summed E-state index contributed by atoms with van der Waals surface area (Å²) in [7, 11) is 0. The lowest BCUT2D eigenvalue weighted by atomic mass is 9.97. The van der Waals surface area contributed by atoms with Crippen LogP contribution in [-0.2, 0) is 20.9 Å². The lowest BCUT2D eigenvalue weighted by Crippen LogP contribution is -2.49. The number of ether oxygens (including phenoxy) is 1. The highest BCUT2D eigenvalue weighted by Gasteiger charge is 2.42. The summed E-state index contributed by atoms with van der Waals surface area (Å²) in [5, 5.41) is 21.7. The van der Waals surface area contributed by atoms with Crippen LogP contribution < -0.4 is 5.32 Å². The lowest BCUT2D eigenvalue weighted by Gasteiger charge is -2.28. The van der Waals surface area contributed by atoms with Crippen molar-refractivity contribution >= 4 is 18.0 Å². The SMILES string of the molecule is CC(C)CC(NCC(C(=O)O)C1COC(=O)N1Cc1cc(F)cc(F)c1)C(=O)O. The van der Waals surface area contributed by atoms with E-state index in [4.69, 9.17) is 4.74 Å². The molecular formula is C19H24F2N2O6. The summed E-state index contributed by atoms with van der Waals surface area (Å²) in [6, 6.07) is 0.910. The molecule has 1 fully saturated rings. The average Bonchev–Trinajstić information content (AvgIpc) is 2.93. The summed E-state index contributed by atoms with van der Waals surface area (Å²) in [5.74, 6) is -5.09. The molecule has 3 atom stereocenters. The average molecular weight is 414 g/mol. The van der Waals surface area contributed by atoms with Gasteiger partial charge in [0.25, 0.3) is 0 Å². The normalized spacial score (nSPS) is 18.6. The van der Waals surface area contributed by atoms with Gasteiger partial charge in [-0.05, 0) is 30.0 Å². The minimum absolute atomic E-state index is 0.0719. The molecule has 1 aliphatic rings. The van der Waals surface area contributed by atoms with Gasteiger partial charge in [-0.15, -0.1) is 0 Å². The second-order valence-electron chi connectivity index (χ2n) is 7.42. The summed E-state index contributed by atoms with van der Waals surface area (Å²) in [4.78, 5) is 36.4. The number of aliphatic carboxylic acids is 2. The molecule has 3 unspecified atom stereocenters. The van der Waals surface area contributed by atoms with Crippen LogP contribution in [0.4, 0.5) is 13.6 Å². The standard InChI is InChI=1S/C19H24F2N2O6/c1-10(2)3-15(18(26)27)22-7-14(17(24)25)16-9-29-19(28)23(16)8-11-4-12(20)6-13(21)5-11/h4-6,10,14-16,22H,3,7-9H2,1-2H3,(H,24,25)(H,26,27). The zero-order chi connectivity index (χ0) is 21.7. The van der Waals surface area contributed by atoms with Crippen molar-refractivity contribution in [3.63, 3.8) is 0 Å². The first kappa shape index (κ1) is 22.5. The maximum atomic E-state index is 13.4. The van der Waals surface area contributed by atoms with Crippen LogP contribution in [0, 0.1) is 23.5 Å². The van der Waals surface area contributed by atoms with Crippen LogP contribution in [0.1, 0.15) is 25.8 Å². The van der Waals surface area contributed by atoms with Gasteiger partial charge >= 0.3 is 18.0 Å². The Hall–Kier alpha value is -2.75. The Kier molecular flexibility index (Phi) is 7.49. The van der Waals surface area contributed by atoms with Crippen molar-refractivity contribution in [2.24, 2.45) is 11.8 Å². The predicted octanol–water partition coefficient (Wildman–Crippen LogP) is 2.08. The maximum Gasteiger partial charge on any atom is 0.410 e. The van der Waals surface area contributed by atoms with Gasteiger partial charge in [0.2, 0.25) is 0 Å². The Morgan fingerprint density at radius 3 is 2.34 bits per heavy atom. The number of carbonyl (C=O) groups is 3. The van der Waals surface area contributed by atoms with Gasteiger partial charge in [-0.3, -0.25) is 14.5 Å². The quantitative estimate of drug-likeness (QED) is 0.537.